The van der Waals surface area contributed by atoms with E-state index in [0.717, 1.165) is 157 Å². The highest BCUT2D eigenvalue weighted by Gasteiger charge is 2.24. The molecule has 8 N–H and O–H groups in total. The Morgan fingerprint density at radius 2 is 0.471 bits per heavy atom. The predicted molar refractivity (Wildman–Crippen MR) is 450 cm³/mol. The number of nitrogens with one attached hydrogen (secondary N) is 1. The zero-order valence-electron chi connectivity index (χ0n) is 65.2. The van der Waals surface area contributed by atoms with Gasteiger partial charge in [0.25, 0.3) is 0 Å². The van der Waals surface area contributed by atoms with E-state index in [2.05, 4.69) is 35.7 Å². The molecule has 9 aromatic carbocycles. The van der Waals surface area contributed by atoms with E-state index in [-0.39, 0.29) is 91.0 Å². The lowest BCUT2D eigenvalue weighted by molar-refractivity contribution is -0.132. The summed E-state index contributed by atoms with van der Waals surface area (Å²) in [6, 6.07) is 70.2. The second-order valence-electron chi connectivity index (χ2n) is 28.2. The topological polar surface area (TPSA) is 416 Å². The fourth-order valence-electron chi connectivity index (χ4n) is 13.5. The fourth-order valence-corrected chi connectivity index (χ4v) is 13.5. The summed E-state index contributed by atoms with van der Waals surface area (Å²) < 4.78 is 0. The van der Waals surface area contributed by atoms with Crippen LogP contribution in [0.25, 0.3) is 0 Å². The van der Waals surface area contributed by atoms with E-state index in [0.29, 0.717) is 28.3 Å². The van der Waals surface area contributed by atoms with Gasteiger partial charge in [-0.25, -0.2) is 33.6 Å². The average molecular weight is 1630 g/mol. The Kier molecular flexibility index (Phi) is 34.8. The van der Waals surface area contributed by atoms with E-state index in [1.807, 2.05) is 146 Å². The molecule has 23 nitrogen and oxygen atoms in total. The van der Waals surface area contributed by atoms with Gasteiger partial charge in [-0.1, -0.05) is 213 Å². The fraction of sp³-hybridized carbons (Fsp3) is 0.153. The van der Waals surface area contributed by atoms with Crippen LogP contribution < -0.4 is 5.32 Å². The van der Waals surface area contributed by atoms with Crippen molar-refractivity contribution in [3.8, 4) is 6.07 Å². The monoisotopic (exact) mass is 1620 g/mol. The van der Waals surface area contributed by atoms with Gasteiger partial charge in [-0.2, -0.15) is 5.26 Å². The van der Waals surface area contributed by atoms with Crippen molar-refractivity contribution < 1.29 is 103 Å². The third-order valence-corrected chi connectivity index (χ3v) is 19.2. The molecule has 0 heterocycles. The van der Waals surface area contributed by atoms with Crippen LogP contribution in [0.5, 0.6) is 0 Å². The van der Waals surface area contributed by atoms with Crippen LogP contribution in [-0.2, 0) is 106 Å². The van der Waals surface area contributed by atoms with Gasteiger partial charge in [0.15, 0.2) is 34.7 Å². The van der Waals surface area contributed by atoms with E-state index >= 15 is 0 Å². The SMILES string of the molecule is N#Cc1ccc(C(c2ccc(CC(=O)/C=C/C(=O)O)cc2)c2ccc(CC(=O)/C=C/C(=O)O)cc2)cc1.O=C(O)/C=C/C(=O)Cc1ccc(C(c2ccc(CC(=O)/C=C/C(=O)O)cc2)c2ccc(C3CCCCC3)cc2)cc1.O=C(O)/C=C/C(=O)Cc1ccc(C(c2ccc(CC(=O)/C=C/C(=O)O)cc2)c2ccc(NC(=O)/C=C/C(=O)O)cc2)cc1. The van der Waals surface area contributed by atoms with Crippen LogP contribution in [0.1, 0.15) is 150 Å². The van der Waals surface area contributed by atoms with Gasteiger partial charge < -0.3 is 41.1 Å². The first-order valence-electron chi connectivity index (χ1n) is 38.1. The van der Waals surface area contributed by atoms with E-state index in [9.17, 15) is 67.1 Å². The number of hydrogen-bond donors (Lipinski definition) is 8. The Morgan fingerprint density at radius 1 is 0.273 bits per heavy atom. The van der Waals surface area contributed by atoms with Crippen molar-refractivity contribution in [2.45, 2.75) is 94.3 Å². The zero-order chi connectivity index (χ0) is 87.3. The molecule has 10 rings (SSSR count). The van der Waals surface area contributed by atoms with E-state index < -0.39 is 47.7 Å². The first-order chi connectivity index (χ1) is 58.0. The molecule has 0 unspecified atom stereocenters. The Bertz CT molecular complexity index is 5150. The number of amides is 1. The van der Waals surface area contributed by atoms with Gasteiger partial charge in [-0.15, -0.1) is 0 Å². The van der Waals surface area contributed by atoms with E-state index in [1.54, 1.807) is 48.5 Å². The molecule has 121 heavy (non-hydrogen) atoms. The second-order valence-corrected chi connectivity index (χ2v) is 28.2. The van der Waals surface area contributed by atoms with Crippen molar-refractivity contribution in [2.24, 2.45) is 0 Å². The minimum absolute atomic E-state index is 0.0263. The summed E-state index contributed by atoms with van der Waals surface area (Å²) in [5.41, 5.74) is 15.4. The molecule has 1 amide bonds. The van der Waals surface area contributed by atoms with Crippen LogP contribution in [0, 0.1) is 11.3 Å². The molecule has 0 bridgehead atoms. The van der Waals surface area contributed by atoms with Crippen LogP contribution in [0.4, 0.5) is 5.69 Å². The molecular formula is C98H84N2O21. The molecule has 9 aromatic rings. The highest BCUT2D eigenvalue weighted by atomic mass is 16.4. The molecule has 0 saturated heterocycles. The molecule has 1 aliphatic carbocycles. The number of carbonyl (C=O) groups is 14. The minimum Gasteiger partial charge on any atom is -0.478 e. The maximum atomic E-state index is 12.1. The summed E-state index contributed by atoms with van der Waals surface area (Å²) in [4.78, 5) is 159. The Morgan fingerprint density at radius 3 is 0.686 bits per heavy atom. The zero-order valence-corrected chi connectivity index (χ0v) is 65.2. The van der Waals surface area contributed by atoms with Crippen molar-refractivity contribution in [3.63, 3.8) is 0 Å². The molecule has 23 heteroatoms. The molecule has 0 atom stereocenters. The quantitative estimate of drug-likeness (QED) is 0.0132. The molecule has 0 spiro atoms. The van der Waals surface area contributed by atoms with Crippen LogP contribution in [0.2, 0.25) is 0 Å². The van der Waals surface area contributed by atoms with Crippen LogP contribution in [0.3, 0.4) is 0 Å². The van der Waals surface area contributed by atoms with Crippen LogP contribution in [-0.4, -0.2) is 118 Å². The van der Waals surface area contributed by atoms with Crippen molar-refractivity contribution in [1.29, 1.82) is 5.26 Å². The number of rotatable bonds is 37. The standard InChI is InChI=1S/C35H34O6.C33H27NO9.C30H23NO6/c36-31(18-20-33(38)39)22-24-6-10-28(11-7-24)35(30-16-14-27(15-17-30)26-4-2-1-3-5-26)29-12-8-25(9-13-29)23-32(37)19-21-34(40)41;35-27(13-16-30(38)39)19-21-1-5-23(6-2-21)33(24-7-3-22(4-8-24)20-28(36)14-17-31(40)41)25-9-11-26(12-10-25)34-29(37)15-18-32(42)43;31-19-22-5-11-25(12-6-22)30(23-7-1-20(2-8-23)17-26(32)13-15-28(34)35)24-9-3-21(4-10-24)18-27(33)14-16-29(36)37/h6-21,26,35H,1-5,22-23H2,(H,38,39)(H,40,41);1-18,33H,19-20H2,(H,34,37)(H,38,39)(H,40,41)(H,42,43);1-16,30H,17-18H2,(H,34,35)(H,36,37)/b20-18+,21-19+;16-13+,17-14+,18-15+;15-13+,16-14+. The number of benzene rings is 9. The highest BCUT2D eigenvalue weighted by molar-refractivity contribution is 6.03. The van der Waals surface area contributed by atoms with Crippen molar-refractivity contribution >= 4 is 88.1 Å². The molecule has 1 fully saturated rings. The van der Waals surface area contributed by atoms with Gasteiger partial charge in [0.2, 0.25) is 5.91 Å². The van der Waals surface area contributed by atoms with Gasteiger partial charge >= 0.3 is 41.8 Å². The number of aliphatic carboxylic acids is 7. The number of anilines is 1. The summed E-state index contributed by atoms with van der Waals surface area (Å²) >= 11 is 0. The van der Waals surface area contributed by atoms with Gasteiger partial charge in [-0.3, -0.25) is 33.6 Å². The highest BCUT2D eigenvalue weighted by Crippen LogP contribution is 2.39. The van der Waals surface area contributed by atoms with Gasteiger partial charge in [0.05, 0.1) is 11.6 Å². The number of nitrogens with zero attached hydrogens (tertiary/aromatic N) is 1. The summed E-state index contributed by atoms with van der Waals surface area (Å²) in [7, 11) is 0. The summed E-state index contributed by atoms with van der Waals surface area (Å²) in [5, 5.41) is 72.8. The largest absolute Gasteiger partial charge is 0.478 e. The number of nitriles is 1. The predicted octanol–water partition coefficient (Wildman–Crippen LogP) is 14.6. The Hall–Kier alpha value is -15.6. The number of hydrogen-bond acceptors (Lipinski definition) is 15. The summed E-state index contributed by atoms with van der Waals surface area (Å²) in [5.74, 6) is -10.8. The molecule has 0 radical (unpaired) electrons. The lowest BCUT2D eigenvalue weighted by atomic mass is 9.81. The van der Waals surface area contributed by atoms with Crippen molar-refractivity contribution in [2.75, 3.05) is 5.32 Å². The van der Waals surface area contributed by atoms with Gasteiger partial charge in [-0.05, 0) is 168 Å². The maximum Gasteiger partial charge on any atom is 0.328 e. The molecule has 612 valence electrons. The lowest BCUT2D eigenvalue weighted by Crippen LogP contribution is -2.09. The summed E-state index contributed by atoms with van der Waals surface area (Å²) in [6.07, 6.45) is 19.6. The number of carbonyl (C=O) groups excluding carboxylic acids is 7. The minimum atomic E-state index is -1.24. The number of carboxylic acids is 7. The van der Waals surface area contributed by atoms with Gasteiger partial charge in [0.1, 0.15) is 0 Å². The first kappa shape index (κ1) is 91.0. The molecule has 0 aromatic heterocycles. The summed E-state index contributed by atoms with van der Waals surface area (Å²) in [6.45, 7) is 0. The molecular weight excluding hydrogens is 1540 g/mol. The van der Waals surface area contributed by atoms with Crippen LogP contribution >= 0.6 is 0 Å². The second kappa shape index (κ2) is 46.2. The lowest BCUT2D eigenvalue weighted by Gasteiger charge is -2.24. The number of carboxylic acid groups (broad SMARTS) is 7. The maximum absolute atomic E-state index is 12.1. The smallest absolute Gasteiger partial charge is 0.328 e. The number of ketones is 6. The van der Waals surface area contributed by atoms with E-state index in [1.165, 1.54) is 37.7 Å². The van der Waals surface area contributed by atoms with Gasteiger partial charge in [0, 0.05) is 111 Å². The third kappa shape index (κ3) is 31.2. The van der Waals surface area contributed by atoms with Crippen molar-refractivity contribution in [3.05, 3.63) is 398 Å². The molecule has 0 aliphatic heterocycles. The number of allylic oxidation sites excluding steroid dienone is 6. The molecule has 1 saturated carbocycles. The third-order valence-electron chi connectivity index (χ3n) is 19.2. The Balaban J connectivity index is 0.000000226. The van der Waals surface area contributed by atoms with E-state index in [4.69, 9.17) is 41.0 Å². The van der Waals surface area contributed by atoms with Crippen LogP contribution in [0.15, 0.2) is 303 Å². The molecule has 1 aliphatic rings. The normalized spacial score (nSPS) is 12.1. The first-order valence-corrected chi connectivity index (χ1v) is 38.1. The van der Waals surface area contributed by atoms with Crippen molar-refractivity contribution in [1.82, 2.24) is 0 Å². The average Bonchev–Trinajstić information content (AvgIpc) is 0.812. The Labute approximate surface area is 696 Å².